The van der Waals surface area contributed by atoms with Crippen molar-refractivity contribution < 1.29 is 28.9 Å². The van der Waals surface area contributed by atoms with Crippen LogP contribution in [0.15, 0.2) is 18.2 Å². The lowest BCUT2D eigenvalue weighted by Gasteiger charge is -2.39. The fraction of sp³-hybridized carbons (Fsp3) is 0.556. The van der Waals surface area contributed by atoms with E-state index in [0.29, 0.717) is 18.0 Å². The number of ether oxygens (including phenoxy) is 3. The molecule has 1 aliphatic rings. The average Bonchev–Trinajstić information content (AvgIpc) is 2.59. The van der Waals surface area contributed by atoms with Gasteiger partial charge in [0, 0.05) is 6.54 Å². The van der Waals surface area contributed by atoms with Gasteiger partial charge in [-0.25, -0.2) is 4.79 Å². The molecule has 0 aliphatic carbocycles. The van der Waals surface area contributed by atoms with E-state index < -0.39 is 17.5 Å². The lowest BCUT2D eigenvalue weighted by atomic mass is 9.82. The smallest absolute Gasteiger partial charge is 0.334 e. The molecule has 1 aromatic rings. The summed E-state index contributed by atoms with van der Waals surface area (Å²) >= 11 is 0. The number of rotatable bonds is 5. The second-order valence-corrected chi connectivity index (χ2v) is 6.68. The number of aliphatic carboxylic acids is 1. The summed E-state index contributed by atoms with van der Waals surface area (Å²) < 4.78 is 15.9. The monoisotopic (exact) mass is 351 g/mol. The summed E-state index contributed by atoms with van der Waals surface area (Å²) in [7, 11) is 3.09. The van der Waals surface area contributed by atoms with Gasteiger partial charge in [-0.15, -0.1) is 0 Å². The van der Waals surface area contributed by atoms with Crippen LogP contribution < -0.4 is 9.47 Å². The minimum atomic E-state index is -1.06. The van der Waals surface area contributed by atoms with Crippen molar-refractivity contribution in [2.75, 3.05) is 27.3 Å². The highest BCUT2D eigenvalue weighted by Crippen LogP contribution is 2.34. The van der Waals surface area contributed by atoms with Crippen LogP contribution in [-0.4, -0.2) is 61.4 Å². The van der Waals surface area contributed by atoms with E-state index in [-0.39, 0.29) is 18.6 Å². The molecule has 1 amide bonds. The molecule has 0 bridgehead atoms. The normalized spacial score (nSPS) is 20.9. The van der Waals surface area contributed by atoms with Crippen molar-refractivity contribution in [2.45, 2.75) is 38.4 Å². The number of carboxylic acids is 1. The molecule has 0 aromatic heterocycles. The van der Waals surface area contributed by atoms with Crippen molar-refractivity contribution in [3.63, 3.8) is 0 Å². The van der Waals surface area contributed by atoms with Crippen molar-refractivity contribution in [1.82, 2.24) is 4.90 Å². The second-order valence-electron chi connectivity index (χ2n) is 6.68. The van der Waals surface area contributed by atoms with Crippen LogP contribution in [0.1, 0.15) is 26.3 Å². The van der Waals surface area contributed by atoms with E-state index in [1.807, 2.05) is 19.9 Å². The first-order valence-corrected chi connectivity index (χ1v) is 8.10. The van der Waals surface area contributed by atoms with Gasteiger partial charge in [0.25, 0.3) is 0 Å². The van der Waals surface area contributed by atoms with E-state index in [9.17, 15) is 14.7 Å². The summed E-state index contributed by atoms with van der Waals surface area (Å²) in [6.45, 7) is 5.78. The van der Waals surface area contributed by atoms with E-state index in [2.05, 4.69) is 0 Å². The van der Waals surface area contributed by atoms with Gasteiger partial charge in [0.1, 0.15) is 0 Å². The number of hydrogen-bond acceptors (Lipinski definition) is 5. The number of nitrogens with zero attached hydrogens (tertiary/aromatic N) is 1. The Morgan fingerprint density at radius 3 is 2.40 bits per heavy atom. The largest absolute Gasteiger partial charge is 0.493 e. The van der Waals surface area contributed by atoms with Crippen LogP contribution >= 0.6 is 0 Å². The fourth-order valence-corrected chi connectivity index (χ4v) is 3.00. The summed E-state index contributed by atoms with van der Waals surface area (Å²) in [5.41, 5.74) is -0.0826. The minimum absolute atomic E-state index is 0.0369. The molecule has 1 fully saturated rings. The van der Waals surface area contributed by atoms with Gasteiger partial charge in [-0.2, -0.15) is 0 Å². The third kappa shape index (κ3) is 3.87. The molecule has 1 heterocycles. The highest BCUT2D eigenvalue weighted by molar-refractivity contribution is 5.88. The third-order valence-electron chi connectivity index (χ3n) is 4.46. The van der Waals surface area contributed by atoms with Crippen LogP contribution in [0.4, 0.5) is 0 Å². The van der Waals surface area contributed by atoms with Crippen molar-refractivity contribution >= 4 is 11.9 Å². The molecule has 0 saturated carbocycles. The molecule has 7 heteroatoms. The Hall–Kier alpha value is -2.28. The predicted molar refractivity (Wildman–Crippen MR) is 91.1 cm³/mol. The summed E-state index contributed by atoms with van der Waals surface area (Å²) in [5, 5.41) is 9.21. The molecule has 2 rings (SSSR count). The molecule has 138 valence electrons. The highest BCUT2D eigenvalue weighted by Gasteiger charge is 2.39. The maximum atomic E-state index is 13.1. The molecule has 1 aromatic carbocycles. The van der Waals surface area contributed by atoms with E-state index >= 15 is 0 Å². The molecule has 0 radical (unpaired) electrons. The molecule has 1 aliphatic heterocycles. The minimum Gasteiger partial charge on any atom is -0.493 e. The molecule has 1 saturated heterocycles. The second kappa shape index (κ2) is 7.31. The van der Waals surface area contributed by atoms with Gasteiger partial charge in [-0.3, -0.25) is 4.79 Å². The van der Waals surface area contributed by atoms with Crippen molar-refractivity contribution in [2.24, 2.45) is 0 Å². The van der Waals surface area contributed by atoms with Gasteiger partial charge >= 0.3 is 5.97 Å². The molecule has 1 unspecified atom stereocenters. The molecule has 7 nitrogen and oxygen atoms in total. The fourth-order valence-electron chi connectivity index (χ4n) is 3.00. The van der Waals surface area contributed by atoms with E-state index in [0.717, 1.165) is 5.56 Å². The van der Waals surface area contributed by atoms with E-state index in [1.54, 1.807) is 31.1 Å². The van der Waals surface area contributed by atoms with Crippen LogP contribution in [0.3, 0.4) is 0 Å². The summed E-state index contributed by atoms with van der Waals surface area (Å²) in [6.07, 6.45) is -1.34. The van der Waals surface area contributed by atoms with Crippen LogP contribution in [0.2, 0.25) is 0 Å². The molecule has 25 heavy (non-hydrogen) atoms. The SMILES string of the molecule is COc1ccc(C(C)(C)C(=O)N2CC(C(=O)O)O[C@H](C)C2)cc1OC. The van der Waals surface area contributed by atoms with Gasteiger partial charge in [0.15, 0.2) is 17.6 Å². The first kappa shape index (κ1) is 19.1. The quantitative estimate of drug-likeness (QED) is 0.869. The van der Waals surface area contributed by atoms with Crippen LogP contribution in [0, 0.1) is 0 Å². The summed E-state index contributed by atoms with van der Waals surface area (Å²) in [4.78, 5) is 25.9. The lowest BCUT2D eigenvalue weighted by molar-refractivity contribution is -0.168. The molecular formula is C18H25NO6. The zero-order valence-corrected chi connectivity index (χ0v) is 15.2. The molecular weight excluding hydrogens is 326 g/mol. The topological polar surface area (TPSA) is 85.3 Å². The first-order valence-electron chi connectivity index (χ1n) is 8.10. The summed E-state index contributed by atoms with van der Waals surface area (Å²) in [5.74, 6) is -0.0885. The van der Waals surface area contributed by atoms with E-state index in [1.165, 1.54) is 7.11 Å². The predicted octanol–water partition coefficient (Wildman–Crippen LogP) is 1.68. The molecule has 1 N–H and O–H groups in total. The van der Waals surface area contributed by atoms with Gasteiger partial charge < -0.3 is 24.2 Å². The number of hydrogen-bond donors (Lipinski definition) is 1. The van der Waals surface area contributed by atoms with Gasteiger partial charge in [-0.1, -0.05) is 6.07 Å². The van der Waals surface area contributed by atoms with Gasteiger partial charge in [0.2, 0.25) is 5.91 Å². The Morgan fingerprint density at radius 2 is 1.84 bits per heavy atom. The van der Waals surface area contributed by atoms with Crippen LogP contribution in [0.5, 0.6) is 11.5 Å². The Balaban J connectivity index is 2.29. The zero-order valence-electron chi connectivity index (χ0n) is 15.2. The Morgan fingerprint density at radius 1 is 1.20 bits per heavy atom. The number of carbonyl (C=O) groups is 2. The maximum Gasteiger partial charge on any atom is 0.334 e. The number of morpholine rings is 1. The number of carbonyl (C=O) groups excluding carboxylic acids is 1. The molecule has 2 atom stereocenters. The standard InChI is InChI=1S/C18H25NO6/c1-11-9-19(10-15(25-11)16(20)21)17(22)18(2,3)12-6-7-13(23-4)14(8-12)24-5/h6-8,11,15H,9-10H2,1-5H3,(H,20,21)/t11-,15?/m1/s1. The lowest BCUT2D eigenvalue weighted by Crippen LogP contribution is -2.55. The van der Waals surface area contributed by atoms with E-state index in [4.69, 9.17) is 14.2 Å². The first-order chi connectivity index (χ1) is 11.7. The number of amides is 1. The molecule has 0 spiro atoms. The number of benzene rings is 1. The van der Waals surface area contributed by atoms with Crippen molar-refractivity contribution in [3.05, 3.63) is 23.8 Å². The van der Waals surface area contributed by atoms with Crippen molar-refractivity contribution in [1.29, 1.82) is 0 Å². The highest BCUT2D eigenvalue weighted by atomic mass is 16.5. The number of carboxylic acid groups (broad SMARTS) is 1. The Bertz CT molecular complexity index is 657. The van der Waals surface area contributed by atoms with Gasteiger partial charge in [0.05, 0.1) is 32.3 Å². The average molecular weight is 351 g/mol. The van der Waals surface area contributed by atoms with Gasteiger partial charge in [-0.05, 0) is 38.5 Å². The Labute approximate surface area is 147 Å². The van der Waals surface area contributed by atoms with Crippen molar-refractivity contribution in [3.8, 4) is 11.5 Å². The zero-order chi connectivity index (χ0) is 18.8. The van der Waals surface area contributed by atoms with Crippen LogP contribution in [0.25, 0.3) is 0 Å². The third-order valence-corrected chi connectivity index (χ3v) is 4.46. The maximum absolute atomic E-state index is 13.1. The Kier molecular flexibility index (Phi) is 5.57. The van der Waals surface area contributed by atoms with Crippen LogP contribution in [-0.2, 0) is 19.7 Å². The number of methoxy groups -OCH3 is 2. The summed E-state index contributed by atoms with van der Waals surface area (Å²) in [6, 6.07) is 5.35.